The molecule has 1 aromatic heterocycles. The summed E-state index contributed by atoms with van der Waals surface area (Å²) in [5, 5.41) is 9.81. The fourth-order valence-corrected chi connectivity index (χ4v) is 1.62. The van der Waals surface area contributed by atoms with Crippen LogP contribution in [0.5, 0.6) is 5.75 Å². The van der Waals surface area contributed by atoms with Crippen LogP contribution in [-0.4, -0.2) is 10.1 Å². The molecule has 2 rings (SSSR count). The minimum absolute atomic E-state index is 0.150. The summed E-state index contributed by atoms with van der Waals surface area (Å²) in [5.41, 5.74) is 0.366. The molecule has 0 aliphatic carbocycles. The lowest BCUT2D eigenvalue weighted by molar-refractivity contribution is 0.467. The topological polar surface area (TPSA) is 53.1 Å². The number of aryl methyl sites for hydroxylation is 1. The number of hydrogen-bond donors (Lipinski definition) is 2. The molecular weight excluding hydrogens is 197 g/mol. The van der Waals surface area contributed by atoms with Gasteiger partial charge in [0.15, 0.2) is 5.75 Å². The Morgan fingerprint density at radius 2 is 2.20 bits per heavy atom. The van der Waals surface area contributed by atoms with Crippen molar-refractivity contribution in [2.24, 2.45) is 0 Å². The normalized spacial score (nSPS) is 10.8. The Bertz CT molecular complexity index is 575. The quantitative estimate of drug-likeness (QED) is 0.750. The van der Waals surface area contributed by atoms with Gasteiger partial charge in [0, 0.05) is 5.39 Å². The maximum Gasteiger partial charge on any atom is 0.290 e. The minimum atomic E-state index is -0.672. The highest BCUT2D eigenvalue weighted by molar-refractivity contribution is 5.83. The molecule has 1 aromatic carbocycles. The van der Waals surface area contributed by atoms with E-state index in [0.29, 0.717) is 11.8 Å². The number of rotatable bonds is 1. The van der Waals surface area contributed by atoms with Crippen LogP contribution in [0.1, 0.15) is 12.5 Å². The average Bonchev–Trinajstić information content (AvgIpc) is 2.22. The Morgan fingerprint density at radius 3 is 2.87 bits per heavy atom. The summed E-state index contributed by atoms with van der Waals surface area (Å²) >= 11 is 0. The molecule has 0 amide bonds. The number of H-pyrrole nitrogens is 1. The number of aromatic hydroxyl groups is 1. The SMILES string of the molecule is CCc1ccc(F)c2[nH]c(=O)c(O)cc12. The molecule has 0 saturated heterocycles. The van der Waals surface area contributed by atoms with E-state index in [4.69, 9.17) is 0 Å². The molecule has 2 aromatic rings. The molecule has 0 saturated carbocycles. The van der Waals surface area contributed by atoms with Crippen molar-refractivity contribution in [2.45, 2.75) is 13.3 Å². The van der Waals surface area contributed by atoms with Crippen LogP contribution in [0, 0.1) is 5.82 Å². The third-order valence-corrected chi connectivity index (χ3v) is 2.42. The van der Waals surface area contributed by atoms with Gasteiger partial charge in [0.25, 0.3) is 5.56 Å². The van der Waals surface area contributed by atoms with E-state index in [9.17, 15) is 14.3 Å². The van der Waals surface area contributed by atoms with Crippen molar-refractivity contribution in [3.63, 3.8) is 0 Å². The monoisotopic (exact) mass is 207 g/mol. The van der Waals surface area contributed by atoms with E-state index in [0.717, 1.165) is 5.56 Å². The highest BCUT2D eigenvalue weighted by atomic mass is 19.1. The van der Waals surface area contributed by atoms with Gasteiger partial charge in [-0.05, 0) is 24.1 Å². The van der Waals surface area contributed by atoms with Crippen LogP contribution in [0.3, 0.4) is 0 Å². The highest BCUT2D eigenvalue weighted by Gasteiger charge is 2.08. The molecular formula is C11H10FNO2. The largest absolute Gasteiger partial charge is 0.503 e. The smallest absolute Gasteiger partial charge is 0.290 e. The predicted molar refractivity (Wildman–Crippen MR) is 55.6 cm³/mol. The number of fused-ring (bicyclic) bond motifs is 1. The fourth-order valence-electron chi connectivity index (χ4n) is 1.62. The Hall–Kier alpha value is -1.84. The molecule has 0 aliphatic heterocycles. The van der Waals surface area contributed by atoms with Gasteiger partial charge in [-0.15, -0.1) is 0 Å². The lowest BCUT2D eigenvalue weighted by Crippen LogP contribution is -2.06. The van der Waals surface area contributed by atoms with Crippen LogP contribution in [-0.2, 0) is 6.42 Å². The Balaban J connectivity index is 2.94. The van der Waals surface area contributed by atoms with Gasteiger partial charge in [-0.1, -0.05) is 13.0 Å². The number of nitrogens with one attached hydrogen (secondary N) is 1. The molecule has 0 bridgehead atoms. The zero-order valence-corrected chi connectivity index (χ0v) is 8.17. The first-order chi connectivity index (χ1) is 7.13. The molecule has 15 heavy (non-hydrogen) atoms. The van der Waals surface area contributed by atoms with Crippen LogP contribution in [0.25, 0.3) is 10.9 Å². The van der Waals surface area contributed by atoms with Gasteiger partial charge < -0.3 is 10.1 Å². The maximum atomic E-state index is 13.4. The first-order valence-electron chi connectivity index (χ1n) is 4.67. The van der Waals surface area contributed by atoms with Crippen molar-refractivity contribution in [1.82, 2.24) is 4.98 Å². The summed E-state index contributed by atoms with van der Waals surface area (Å²) < 4.78 is 13.4. The molecule has 0 spiro atoms. The van der Waals surface area contributed by atoms with Crippen LogP contribution >= 0.6 is 0 Å². The first-order valence-corrected chi connectivity index (χ1v) is 4.67. The second-order valence-electron chi connectivity index (χ2n) is 3.33. The third-order valence-electron chi connectivity index (χ3n) is 2.42. The Kier molecular flexibility index (Phi) is 2.19. The number of benzene rings is 1. The van der Waals surface area contributed by atoms with Crippen molar-refractivity contribution in [3.8, 4) is 5.75 Å². The predicted octanol–water partition coefficient (Wildman–Crippen LogP) is 1.94. The molecule has 3 nitrogen and oxygen atoms in total. The number of hydrogen-bond acceptors (Lipinski definition) is 2. The molecule has 2 N–H and O–H groups in total. The number of aromatic amines is 1. The van der Waals surface area contributed by atoms with Crippen LogP contribution < -0.4 is 5.56 Å². The Labute approximate surface area is 85.2 Å². The summed E-state index contributed by atoms with van der Waals surface area (Å²) in [4.78, 5) is 13.4. The van der Waals surface area contributed by atoms with E-state index in [2.05, 4.69) is 4.98 Å². The van der Waals surface area contributed by atoms with Crippen molar-refractivity contribution in [2.75, 3.05) is 0 Å². The summed E-state index contributed by atoms with van der Waals surface area (Å²) in [7, 11) is 0. The van der Waals surface area contributed by atoms with Gasteiger partial charge >= 0.3 is 0 Å². The van der Waals surface area contributed by atoms with Crippen molar-refractivity contribution in [1.29, 1.82) is 0 Å². The number of pyridine rings is 1. The first kappa shape index (κ1) is 9.71. The second-order valence-corrected chi connectivity index (χ2v) is 3.33. The van der Waals surface area contributed by atoms with E-state index in [-0.39, 0.29) is 11.3 Å². The van der Waals surface area contributed by atoms with Crippen LogP contribution in [0.2, 0.25) is 0 Å². The zero-order valence-electron chi connectivity index (χ0n) is 8.17. The zero-order chi connectivity index (χ0) is 11.0. The van der Waals surface area contributed by atoms with Gasteiger partial charge in [0.2, 0.25) is 0 Å². The lowest BCUT2D eigenvalue weighted by atomic mass is 10.1. The van der Waals surface area contributed by atoms with Crippen LogP contribution in [0.4, 0.5) is 4.39 Å². The summed E-state index contributed by atoms with van der Waals surface area (Å²) in [6.45, 7) is 1.93. The van der Waals surface area contributed by atoms with E-state index in [1.807, 2.05) is 6.92 Å². The van der Waals surface area contributed by atoms with Gasteiger partial charge in [-0.2, -0.15) is 0 Å². The number of aromatic nitrogens is 1. The standard InChI is InChI=1S/C11H10FNO2/c1-2-6-3-4-8(12)10-7(6)5-9(14)11(15)13-10/h3-5,14H,2H2,1H3,(H,13,15). The van der Waals surface area contributed by atoms with E-state index in [1.165, 1.54) is 12.1 Å². The molecule has 0 unspecified atom stereocenters. The average molecular weight is 207 g/mol. The molecule has 0 aliphatic rings. The molecule has 4 heteroatoms. The van der Waals surface area contributed by atoms with Gasteiger partial charge in [-0.3, -0.25) is 4.79 Å². The molecule has 1 heterocycles. The minimum Gasteiger partial charge on any atom is -0.503 e. The van der Waals surface area contributed by atoms with E-state index >= 15 is 0 Å². The fraction of sp³-hybridized carbons (Fsp3) is 0.182. The molecule has 0 radical (unpaired) electrons. The van der Waals surface area contributed by atoms with Gasteiger partial charge in [-0.25, -0.2) is 4.39 Å². The summed E-state index contributed by atoms with van der Waals surface area (Å²) in [6.07, 6.45) is 0.711. The van der Waals surface area contributed by atoms with Gasteiger partial charge in [0.05, 0.1) is 5.52 Å². The van der Waals surface area contributed by atoms with E-state index in [1.54, 1.807) is 6.07 Å². The van der Waals surface area contributed by atoms with Crippen molar-refractivity contribution >= 4 is 10.9 Å². The van der Waals surface area contributed by atoms with Crippen molar-refractivity contribution < 1.29 is 9.50 Å². The third kappa shape index (κ3) is 1.48. The molecule has 0 atom stereocenters. The van der Waals surface area contributed by atoms with E-state index < -0.39 is 11.4 Å². The number of halogens is 1. The maximum absolute atomic E-state index is 13.4. The second kappa shape index (κ2) is 3.38. The highest BCUT2D eigenvalue weighted by Crippen LogP contribution is 2.21. The molecule has 78 valence electrons. The van der Waals surface area contributed by atoms with Gasteiger partial charge in [0.1, 0.15) is 5.82 Å². The molecule has 0 fully saturated rings. The lowest BCUT2D eigenvalue weighted by Gasteiger charge is -2.05. The summed E-state index contributed by atoms with van der Waals surface area (Å²) in [6, 6.07) is 4.26. The Morgan fingerprint density at radius 1 is 1.47 bits per heavy atom. The van der Waals surface area contributed by atoms with Crippen LogP contribution in [0.15, 0.2) is 23.0 Å². The summed E-state index contributed by atoms with van der Waals surface area (Å²) in [5.74, 6) is -0.873. The van der Waals surface area contributed by atoms with Crippen molar-refractivity contribution in [3.05, 3.63) is 39.9 Å².